The quantitative estimate of drug-likeness (QED) is 0.765. The molecule has 3 rings (SSSR count). The summed E-state index contributed by atoms with van der Waals surface area (Å²) in [4.78, 5) is 1.63. The molecule has 1 heterocycles. The number of rotatable bonds is 4. The minimum atomic E-state index is -4.97. The SMILES string of the molecule is Cc1cccc(C)c1N1CCN(S(=O)(=O)c2ccccc2OC(F)(F)F)CC1. The highest BCUT2D eigenvalue weighted by molar-refractivity contribution is 7.89. The summed E-state index contributed by atoms with van der Waals surface area (Å²) in [7, 11) is -4.11. The zero-order valence-electron chi connectivity index (χ0n) is 15.5. The molecular weight excluding hydrogens is 393 g/mol. The van der Waals surface area contributed by atoms with E-state index in [1.54, 1.807) is 0 Å². The molecular formula is C19H21F3N2O3S. The Kier molecular flexibility index (Phi) is 5.58. The number of aryl methyl sites for hydroxylation is 2. The highest BCUT2D eigenvalue weighted by Gasteiger charge is 2.36. The lowest BCUT2D eigenvalue weighted by Gasteiger charge is -2.37. The third-order valence-electron chi connectivity index (χ3n) is 4.69. The number of ether oxygens (including phenoxy) is 1. The molecule has 9 heteroatoms. The van der Waals surface area contributed by atoms with Gasteiger partial charge in [-0.3, -0.25) is 0 Å². The maximum Gasteiger partial charge on any atom is 0.573 e. The molecule has 1 aliphatic rings. The number of hydrogen-bond donors (Lipinski definition) is 0. The van der Waals surface area contributed by atoms with Gasteiger partial charge in [0.2, 0.25) is 10.0 Å². The van der Waals surface area contributed by atoms with Crippen LogP contribution < -0.4 is 9.64 Å². The lowest BCUT2D eigenvalue weighted by molar-refractivity contribution is -0.275. The van der Waals surface area contributed by atoms with Gasteiger partial charge in [-0.2, -0.15) is 4.31 Å². The average molecular weight is 414 g/mol. The van der Waals surface area contributed by atoms with E-state index >= 15 is 0 Å². The monoisotopic (exact) mass is 414 g/mol. The Bertz CT molecular complexity index is 933. The van der Waals surface area contributed by atoms with Gasteiger partial charge < -0.3 is 9.64 Å². The molecule has 0 bridgehead atoms. The molecule has 1 aliphatic heterocycles. The fourth-order valence-electron chi connectivity index (χ4n) is 3.47. The number of nitrogens with zero attached hydrogens (tertiary/aromatic N) is 2. The normalized spacial score (nSPS) is 16.2. The summed E-state index contributed by atoms with van der Waals surface area (Å²) >= 11 is 0. The van der Waals surface area contributed by atoms with Crippen molar-refractivity contribution in [2.45, 2.75) is 25.1 Å². The molecule has 0 atom stereocenters. The third kappa shape index (κ3) is 4.25. The van der Waals surface area contributed by atoms with Crippen molar-refractivity contribution in [3.63, 3.8) is 0 Å². The van der Waals surface area contributed by atoms with E-state index < -0.39 is 27.0 Å². The summed E-state index contributed by atoms with van der Waals surface area (Å²) in [5, 5.41) is 0. The predicted octanol–water partition coefficient (Wildman–Crippen LogP) is 3.71. The number of alkyl halides is 3. The van der Waals surface area contributed by atoms with Crippen molar-refractivity contribution >= 4 is 15.7 Å². The van der Waals surface area contributed by atoms with Crippen LogP contribution in [0.3, 0.4) is 0 Å². The molecule has 5 nitrogen and oxygen atoms in total. The van der Waals surface area contributed by atoms with Gasteiger partial charge in [0.1, 0.15) is 10.6 Å². The molecule has 0 N–H and O–H groups in total. The van der Waals surface area contributed by atoms with Crippen molar-refractivity contribution in [1.82, 2.24) is 4.31 Å². The second-order valence-electron chi connectivity index (χ2n) is 6.63. The van der Waals surface area contributed by atoms with E-state index in [1.165, 1.54) is 16.4 Å². The summed E-state index contributed by atoms with van der Waals surface area (Å²) in [6.07, 6.45) is -4.97. The van der Waals surface area contributed by atoms with Crippen LogP contribution in [0, 0.1) is 13.8 Å². The minimum absolute atomic E-state index is 0.177. The topological polar surface area (TPSA) is 49.9 Å². The molecule has 0 radical (unpaired) electrons. The summed E-state index contributed by atoms with van der Waals surface area (Å²) in [5.74, 6) is -0.716. The molecule has 0 amide bonds. The van der Waals surface area contributed by atoms with Crippen LogP contribution in [-0.4, -0.2) is 45.3 Å². The van der Waals surface area contributed by atoms with Crippen LogP contribution in [0.5, 0.6) is 5.75 Å². The van der Waals surface area contributed by atoms with Gasteiger partial charge in [0, 0.05) is 31.9 Å². The molecule has 0 spiro atoms. The molecule has 0 aliphatic carbocycles. The minimum Gasteiger partial charge on any atom is -0.404 e. The van der Waals surface area contributed by atoms with Crippen LogP contribution in [0.15, 0.2) is 47.4 Å². The lowest BCUT2D eigenvalue weighted by atomic mass is 10.1. The zero-order valence-corrected chi connectivity index (χ0v) is 16.3. The first-order chi connectivity index (χ1) is 13.1. The number of benzene rings is 2. The average Bonchev–Trinajstić information content (AvgIpc) is 2.61. The fourth-order valence-corrected chi connectivity index (χ4v) is 5.00. The van der Waals surface area contributed by atoms with Gasteiger partial charge in [0.25, 0.3) is 0 Å². The second-order valence-corrected chi connectivity index (χ2v) is 8.53. The van der Waals surface area contributed by atoms with E-state index in [2.05, 4.69) is 9.64 Å². The van der Waals surface area contributed by atoms with Gasteiger partial charge in [-0.05, 0) is 37.1 Å². The Morgan fingerprint density at radius 1 is 0.893 bits per heavy atom. The van der Waals surface area contributed by atoms with Crippen molar-refractivity contribution in [2.75, 3.05) is 31.1 Å². The van der Waals surface area contributed by atoms with Crippen LogP contribution in [0.4, 0.5) is 18.9 Å². The Morgan fingerprint density at radius 3 is 2.04 bits per heavy atom. The van der Waals surface area contributed by atoms with Gasteiger partial charge in [-0.1, -0.05) is 30.3 Å². The van der Waals surface area contributed by atoms with E-state index in [-0.39, 0.29) is 13.1 Å². The first-order valence-corrected chi connectivity index (χ1v) is 10.2. The molecule has 28 heavy (non-hydrogen) atoms. The van der Waals surface area contributed by atoms with Gasteiger partial charge in [-0.15, -0.1) is 13.2 Å². The smallest absolute Gasteiger partial charge is 0.404 e. The molecule has 1 fully saturated rings. The Labute approximate surface area is 162 Å². The Hall–Kier alpha value is -2.26. The highest BCUT2D eigenvalue weighted by Crippen LogP contribution is 2.32. The van der Waals surface area contributed by atoms with E-state index in [4.69, 9.17) is 0 Å². The van der Waals surface area contributed by atoms with Crippen molar-refractivity contribution in [1.29, 1.82) is 0 Å². The highest BCUT2D eigenvalue weighted by atomic mass is 32.2. The predicted molar refractivity (Wildman–Crippen MR) is 100 cm³/mol. The summed E-state index contributed by atoms with van der Waals surface area (Å²) in [5.41, 5.74) is 3.26. The number of hydrogen-bond acceptors (Lipinski definition) is 4. The molecule has 152 valence electrons. The number of halogens is 3. The molecule has 0 saturated carbocycles. The Balaban J connectivity index is 1.81. The first kappa shape index (κ1) is 20.5. The van der Waals surface area contributed by atoms with Crippen LogP contribution in [0.25, 0.3) is 0 Å². The number of para-hydroxylation sites is 2. The molecule has 2 aromatic carbocycles. The molecule has 1 saturated heterocycles. The molecule has 0 aromatic heterocycles. The summed E-state index contributed by atoms with van der Waals surface area (Å²) in [6.45, 7) is 5.25. The standard InChI is InChI=1S/C19H21F3N2O3S/c1-14-6-5-7-15(2)18(14)23-10-12-24(13-11-23)28(25,26)17-9-4-3-8-16(17)27-19(20,21)22/h3-9H,10-13H2,1-2H3. The second kappa shape index (κ2) is 7.63. The van der Waals surface area contributed by atoms with Gasteiger partial charge >= 0.3 is 6.36 Å². The van der Waals surface area contributed by atoms with Gasteiger partial charge in [0.15, 0.2) is 0 Å². The lowest BCUT2D eigenvalue weighted by Crippen LogP contribution is -2.49. The molecule has 2 aromatic rings. The van der Waals surface area contributed by atoms with E-state index in [1.807, 2.05) is 32.0 Å². The first-order valence-electron chi connectivity index (χ1n) is 8.76. The summed E-state index contributed by atoms with van der Waals surface area (Å²) in [6, 6.07) is 10.8. The van der Waals surface area contributed by atoms with Crippen LogP contribution in [0.2, 0.25) is 0 Å². The zero-order chi connectivity index (χ0) is 20.5. The van der Waals surface area contributed by atoms with Crippen molar-refractivity contribution in [3.05, 3.63) is 53.6 Å². The van der Waals surface area contributed by atoms with Crippen LogP contribution in [0.1, 0.15) is 11.1 Å². The largest absolute Gasteiger partial charge is 0.573 e. The summed E-state index contributed by atoms with van der Waals surface area (Å²) < 4.78 is 68.9. The van der Waals surface area contributed by atoms with E-state index in [9.17, 15) is 21.6 Å². The maximum absolute atomic E-state index is 12.9. The van der Waals surface area contributed by atoms with Gasteiger partial charge in [0.05, 0.1) is 0 Å². The number of sulfonamides is 1. The number of piperazine rings is 1. The Morgan fingerprint density at radius 2 is 1.46 bits per heavy atom. The fraction of sp³-hybridized carbons (Fsp3) is 0.368. The van der Waals surface area contributed by atoms with Crippen molar-refractivity contribution in [3.8, 4) is 5.75 Å². The molecule has 0 unspecified atom stereocenters. The van der Waals surface area contributed by atoms with E-state index in [0.29, 0.717) is 13.1 Å². The van der Waals surface area contributed by atoms with Crippen molar-refractivity contribution < 1.29 is 26.3 Å². The number of anilines is 1. The van der Waals surface area contributed by atoms with Crippen LogP contribution >= 0.6 is 0 Å². The van der Waals surface area contributed by atoms with Crippen LogP contribution in [-0.2, 0) is 10.0 Å². The third-order valence-corrected chi connectivity index (χ3v) is 6.63. The van der Waals surface area contributed by atoms with Crippen molar-refractivity contribution in [2.24, 2.45) is 0 Å². The maximum atomic E-state index is 12.9. The van der Waals surface area contributed by atoms with E-state index in [0.717, 1.165) is 28.9 Å². The van der Waals surface area contributed by atoms with Gasteiger partial charge in [-0.25, -0.2) is 8.42 Å².